The molecule has 0 fully saturated rings. The molecule has 1 radical (unpaired) electrons. The third-order valence-electron chi connectivity index (χ3n) is 1.57. The average Bonchev–Trinajstić information content (AvgIpc) is 1.88. The minimum Gasteiger partial charge on any atom is -0.0840 e. The zero-order valence-corrected chi connectivity index (χ0v) is 6.78. The molecule has 0 saturated carbocycles. The molecule has 1 aromatic rings. The van der Waals surface area contributed by atoms with Crippen molar-refractivity contribution < 1.29 is 0 Å². The molecule has 0 heterocycles. The highest BCUT2D eigenvalue weighted by Gasteiger charge is 1.98. The van der Waals surface area contributed by atoms with Gasteiger partial charge < -0.3 is 0 Å². The Morgan fingerprint density at radius 2 is 2.20 bits per heavy atom. The number of hydrogen-bond acceptors (Lipinski definition) is 0. The van der Waals surface area contributed by atoms with Crippen molar-refractivity contribution in [3.8, 4) is 0 Å². The monoisotopic (exact) mass is 153 g/mol. The van der Waals surface area contributed by atoms with E-state index in [1.807, 2.05) is 18.2 Å². The van der Waals surface area contributed by atoms with Gasteiger partial charge in [-0.15, -0.1) is 0 Å². The van der Waals surface area contributed by atoms with E-state index < -0.39 is 0 Å². The molecule has 1 rings (SSSR count). The SMILES string of the molecule is [CH2]c1cccc(Cl)c1CC. The fraction of sp³-hybridized carbons (Fsp3) is 0.222. The second-order valence-electron chi connectivity index (χ2n) is 2.23. The summed E-state index contributed by atoms with van der Waals surface area (Å²) in [6.07, 6.45) is 0.957. The summed E-state index contributed by atoms with van der Waals surface area (Å²) in [5, 5.41) is 0.829. The molecule has 0 N–H and O–H groups in total. The van der Waals surface area contributed by atoms with Crippen LogP contribution in [0.15, 0.2) is 18.2 Å². The standard InChI is InChI=1S/C9H10Cl/c1-3-8-7(2)5-4-6-9(8)10/h4-6H,2-3H2,1H3. The third kappa shape index (κ3) is 1.32. The van der Waals surface area contributed by atoms with Gasteiger partial charge in [-0.3, -0.25) is 0 Å². The molecule has 0 aliphatic carbocycles. The molecule has 0 amide bonds. The minimum atomic E-state index is 0.829. The van der Waals surface area contributed by atoms with E-state index in [-0.39, 0.29) is 0 Å². The van der Waals surface area contributed by atoms with Crippen molar-refractivity contribution in [2.45, 2.75) is 13.3 Å². The van der Waals surface area contributed by atoms with Gasteiger partial charge in [-0.05, 0) is 30.5 Å². The molecule has 0 aliphatic rings. The first kappa shape index (κ1) is 7.62. The largest absolute Gasteiger partial charge is 0.0840 e. The van der Waals surface area contributed by atoms with Gasteiger partial charge in [0.25, 0.3) is 0 Å². The smallest absolute Gasteiger partial charge is 0.0440 e. The normalized spacial score (nSPS) is 9.90. The Kier molecular flexibility index (Phi) is 2.34. The van der Waals surface area contributed by atoms with Crippen molar-refractivity contribution in [3.63, 3.8) is 0 Å². The molecule has 0 nitrogen and oxygen atoms in total. The van der Waals surface area contributed by atoms with Gasteiger partial charge in [-0.2, -0.15) is 0 Å². The Bertz CT molecular complexity index is 208. The Labute approximate surface area is 66.8 Å². The first-order valence-corrected chi connectivity index (χ1v) is 3.73. The Morgan fingerprint density at radius 1 is 1.50 bits per heavy atom. The van der Waals surface area contributed by atoms with Crippen molar-refractivity contribution >= 4 is 11.6 Å². The van der Waals surface area contributed by atoms with Gasteiger partial charge in [-0.25, -0.2) is 0 Å². The lowest BCUT2D eigenvalue weighted by Crippen LogP contribution is -1.85. The van der Waals surface area contributed by atoms with Crippen LogP contribution in [0.2, 0.25) is 5.02 Å². The van der Waals surface area contributed by atoms with Gasteiger partial charge in [-0.1, -0.05) is 30.7 Å². The number of benzene rings is 1. The maximum atomic E-state index is 5.89. The molecule has 0 unspecified atom stereocenters. The summed E-state index contributed by atoms with van der Waals surface area (Å²) in [5.41, 5.74) is 2.19. The highest BCUT2D eigenvalue weighted by atomic mass is 35.5. The number of rotatable bonds is 1. The maximum Gasteiger partial charge on any atom is 0.0440 e. The molecule has 0 aromatic heterocycles. The summed E-state index contributed by atoms with van der Waals surface area (Å²) in [6.45, 7) is 5.95. The first-order chi connectivity index (χ1) is 4.75. The van der Waals surface area contributed by atoms with Crippen molar-refractivity contribution in [3.05, 3.63) is 41.3 Å². The van der Waals surface area contributed by atoms with Crippen molar-refractivity contribution in [1.82, 2.24) is 0 Å². The number of hydrogen-bond donors (Lipinski definition) is 0. The van der Waals surface area contributed by atoms with Crippen molar-refractivity contribution in [1.29, 1.82) is 0 Å². The highest BCUT2D eigenvalue weighted by Crippen LogP contribution is 2.19. The molecule has 53 valence electrons. The molecule has 0 bridgehead atoms. The molecule has 10 heavy (non-hydrogen) atoms. The zero-order chi connectivity index (χ0) is 7.56. The Balaban J connectivity index is 3.17. The highest BCUT2D eigenvalue weighted by molar-refractivity contribution is 6.31. The second-order valence-corrected chi connectivity index (χ2v) is 2.64. The molecule has 1 aromatic carbocycles. The van der Waals surface area contributed by atoms with Gasteiger partial charge in [0.15, 0.2) is 0 Å². The Hall–Kier alpha value is -0.490. The number of halogens is 1. The van der Waals surface area contributed by atoms with Crippen molar-refractivity contribution in [2.24, 2.45) is 0 Å². The predicted octanol–water partition coefficient (Wildman–Crippen LogP) is 3.08. The molecule has 0 aliphatic heterocycles. The van der Waals surface area contributed by atoms with Gasteiger partial charge in [0, 0.05) is 5.02 Å². The summed E-state index contributed by atoms with van der Waals surface area (Å²) >= 11 is 5.89. The lowest BCUT2D eigenvalue weighted by atomic mass is 10.1. The van der Waals surface area contributed by atoms with Crippen LogP contribution in [-0.2, 0) is 6.42 Å². The van der Waals surface area contributed by atoms with E-state index in [1.165, 1.54) is 0 Å². The van der Waals surface area contributed by atoms with E-state index in [2.05, 4.69) is 13.8 Å². The van der Waals surface area contributed by atoms with E-state index in [4.69, 9.17) is 11.6 Å². The summed E-state index contributed by atoms with van der Waals surface area (Å²) in [7, 11) is 0. The van der Waals surface area contributed by atoms with Gasteiger partial charge in [0.05, 0.1) is 0 Å². The lowest BCUT2D eigenvalue weighted by molar-refractivity contribution is 1.13. The lowest BCUT2D eigenvalue weighted by Gasteiger charge is -2.02. The predicted molar refractivity (Wildman–Crippen MR) is 45.3 cm³/mol. The van der Waals surface area contributed by atoms with Gasteiger partial charge in [0.2, 0.25) is 0 Å². The fourth-order valence-corrected chi connectivity index (χ4v) is 1.33. The zero-order valence-electron chi connectivity index (χ0n) is 6.02. The van der Waals surface area contributed by atoms with Crippen LogP contribution in [0.4, 0.5) is 0 Å². The van der Waals surface area contributed by atoms with E-state index in [0.717, 1.165) is 22.6 Å². The molecular weight excluding hydrogens is 144 g/mol. The average molecular weight is 154 g/mol. The maximum absolute atomic E-state index is 5.89. The molecule has 0 saturated heterocycles. The van der Waals surface area contributed by atoms with E-state index in [0.29, 0.717) is 0 Å². The Morgan fingerprint density at radius 3 is 2.60 bits per heavy atom. The second kappa shape index (κ2) is 3.07. The van der Waals surface area contributed by atoms with Crippen LogP contribution in [-0.4, -0.2) is 0 Å². The first-order valence-electron chi connectivity index (χ1n) is 3.35. The van der Waals surface area contributed by atoms with Crippen LogP contribution in [0.3, 0.4) is 0 Å². The minimum absolute atomic E-state index is 0.829. The van der Waals surface area contributed by atoms with E-state index in [1.54, 1.807) is 0 Å². The third-order valence-corrected chi connectivity index (χ3v) is 1.92. The summed E-state index contributed by atoms with van der Waals surface area (Å²) < 4.78 is 0. The summed E-state index contributed by atoms with van der Waals surface area (Å²) in [4.78, 5) is 0. The molecule has 1 heteroatoms. The van der Waals surface area contributed by atoms with Crippen LogP contribution < -0.4 is 0 Å². The van der Waals surface area contributed by atoms with E-state index in [9.17, 15) is 0 Å². The molecule has 0 spiro atoms. The fourth-order valence-electron chi connectivity index (χ4n) is 0.999. The molecule has 0 atom stereocenters. The van der Waals surface area contributed by atoms with Gasteiger partial charge >= 0.3 is 0 Å². The van der Waals surface area contributed by atoms with Crippen LogP contribution in [0.1, 0.15) is 18.1 Å². The van der Waals surface area contributed by atoms with Crippen molar-refractivity contribution in [2.75, 3.05) is 0 Å². The van der Waals surface area contributed by atoms with Gasteiger partial charge in [0.1, 0.15) is 0 Å². The van der Waals surface area contributed by atoms with Crippen LogP contribution >= 0.6 is 11.6 Å². The van der Waals surface area contributed by atoms with Crippen LogP contribution in [0.25, 0.3) is 0 Å². The van der Waals surface area contributed by atoms with Crippen LogP contribution in [0.5, 0.6) is 0 Å². The molecular formula is C9H10Cl. The topological polar surface area (TPSA) is 0 Å². The van der Waals surface area contributed by atoms with E-state index >= 15 is 0 Å². The quantitative estimate of drug-likeness (QED) is 0.582. The summed E-state index contributed by atoms with van der Waals surface area (Å²) in [5.74, 6) is 0. The summed E-state index contributed by atoms with van der Waals surface area (Å²) in [6, 6.07) is 5.80. The van der Waals surface area contributed by atoms with Crippen LogP contribution in [0, 0.1) is 6.92 Å².